The quantitative estimate of drug-likeness (QED) is 0.890. The molecule has 1 aliphatic carbocycles. The van der Waals surface area contributed by atoms with Gasteiger partial charge in [0.05, 0.1) is 5.69 Å². The molecule has 0 radical (unpaired) electrons. The summed E-state index contributed by atoms with van der Waals surface area (Å²) in [6.07, 6.45) is 3.98. The Morgan fingerprint density at radius 1 is 1.33 bits per heavy atom. The average molecular weight is 289 g/mol. The molecule has 1 saturated carbocycles. The number of aromatic nitrogens is 1. The number of hydrogen-bond acceptors (Lipinski definition) is 5. The Labute approximate surface area is 112 Å². The monoisotopic (exact) mass is 289 g/mol. The summed E-state index contributed by atoms with van der Waals surface area (Å²) >= 11 is 1.03. The highest BCUT2D eigenvalue weighted by molar-refractivity contribution is 7.91. The summed E-state index contributed by atoms with van der Waals surface area (Å²) in [7, 11) is -3.46. The van der Waals surface area contributed by atoms with Gasteiger partial charge in [-0.25, -0.2) is 18.1 Å². The second kappa shape index (κ2) is 5.14. The molecule has 0 amide bonds. The Bertz CT molecular complexity index is 516. The topological polar surface area (TPSA) is 85.1 Å². The van der Waals surface area contributed by atoms with Crippen molar-refractivity contribution in [1.29, 1.82) is 0 Å². The minimum Gasteiger partial charge on any atom is -0.375 e. The van der Waals surface area contributed by atoms with Gasteiger partial charge < -0.3 is 5.73 Å². The van der Waals surface area contributed by atoms with Crippen molar-refractivity contribution < 1.29 is 8.42 Å². The molecular weight excluding hydrogens is 270 g/mol. The van der Waals surface area contributed by atoms with E-state index in [1.807, 2.05) is 0 Å². The molecule has 1 aliphatic rings. The van der Waals surface area contributed by atoms with Crippen molar-refractivity contribution in [3.05, 3.63) is 5.69 Å². The number of nitrogen functional groups attached to an aromatic ring is 1. The molecule has 102 valence electrons. The third kappa shape index (κ3) is 3.02. The smallest absolute Gasteiger partial charge is 0.252 e. The minimum atomic E-state index is -3.46. The van der Waals surface area contributed by atoms with Gasteiger partial charge in [0.25, 0.3) is 10.0 Å². The fourth-order valence-electron chi connectivity index (χ4n) is 2.30. The molecule has 0 aromatic carbocycles. The number of anilines is 1. The highest BCUT2D eigenvalue weighted by atomic mass is 32.2. The molecule has 1 heterocycles. The van der Waals surface area contributed by atoms with Gasteiger partial charge in [0.1, 0.15) is 0 Å². The Morgan fingerprint density at radius 2 is 1.94 bits per heavy atom. The van der Waals surface area contributed by atoms with E-state index in [-0.39, 0.29) is 10.3 Å². The number of hydrogen-bond donors (Lipinski definition) is 2. The number of sulfonamides is 1. The summed E-state index contributed by atoms with van der Waals surface area (Å²) in [5, 5.41) is 0.296. The predicted octanol–water partition coefficient (Wildman–Crippen LogP) is 1.89. The lowest BCUT2D eigenvalue weighted by atomic mass is 9.88. The second-order valence-corrected chi connectivity index (χ2v) is 7.94. The Balaban J connectivity index is 2.10. The van der Waals surface area contributed by atoms with E-state index in [1.54, 1.807) is 6.92 Å². The van der Waals surface area contributed by atoms with Crippen LogP contribution in [0.25, 0.3) is 0 Å². The van der Waals surface area contributed by atoms with E-state index >= 15 is 0 Å². The lowest BCUT2D eigenvalue weighted by molar-refractivity contribution is 0.332. The van der Waals surface area contributed by atoms with Crippen LogP contribution in [0.3, 0.4) is 0 Å². The van der Waals surface area contributed by atoms with Crippen molar-refractivity contribution in [2.45, 2.75) is 49.8 Å². The first-order valence-electron chi connectivity index (χ1n) is 6.13. The van der Waals surface area contributed by atoms with Crippen molar-refractivity contribution in [2.24, 2.45) is 5.92 Å². The Morgan fingerprint density at radius 3 is 2.44 bits per heavy atom. The van der Waals surface area contributed by atoms with E-state index in [2.05, 4.69) is 16.6 Å². The van der Waals surface area contributed by atoms with Gasteiger partial charge in [-0.15, -0.1) is 0 Å². The van der Waals surface area contributed by atoms with Gasteiger partial charge >= 0.3 is 0 Å². The predicted molar refractivity (Wildman–Crippen MR) is 73.0 cm³/mol. The molecule has 0 aliphatic heterocycles. The van der Waals surface area contributed by atoms with Gasteiger partial charge in [0.15, 0.2) is 9.34 Å². The molecule has 18 heavy (non-hydrogen) atoms. The molecule has 0 spiro atoms. The number of rotatable bonds is 3. The molecule has 7 heteroatoms. The van der Waals surface area contributed by atoms with Crippen LogP contribution in [-0.4, -0.2) is 19.4 Å². The maximum atomic E-state index is 12.2. The summed E-state index contributed by atoms with van der Waals surface area (Å²) in [4.78, 5) is 3.96. The normalized spacial score (nSPS) is 25.2. The molecule has 1 aromatic rings. The largest absolute Gasteiger partial charge is 0.375 e. The van der Waals surface area contributed by atoms with Crippen LogP contribution in [0, 0.1) is 12.8 Å². The van der Waals surface area contributed by atoms with Crippen molar-refractivity contribution in [3.63, 3.8) is 0 Å². The van der Waals surface area contributed by atoms with Gasteiger partial charge in [0, 0.05) is 6.04 Å². The van der Waals surface area contributed by atoms with E-state index < -0.39 is 10.0 Å². The molecule has 0 atom stereocenters. The number of nitrogens with zero attached hydrogens (tertiary/aromatic N) is 1. The maximum Gasteiger partial charge on any atom is 0.252 e. The van der Waals surface area contributed by atoms with Crippen molar-refractivity contribution >= 4 is 26.5 Å². The Hall–Kier alpha value is -0.660. The van der Waals surface area contributed by atoms with Crippen LogP contribution >= 0.6 is 11.3 Å². The van der Waals surface area contributed by atoms with Crippen molar-refractivity contribution in [1.82, 2.24) is 9.71 Å². The molecule has 1 aromatic heterocycles. The molecule has 1 fully saturated rings. The number of thiazole rings is 1. The van der Waals surface area contributed by atoms with Crippen LogP contribution in [0.4, 0.5) is 5.13 Å². The zero-order valence-corrected chi connectivity index (χ0v) is 12.3. The van der Waals surface area contributed by atoms with Gasteiger partial charge in [-0.3, -0.25) is 0 Å². The first kappa shape index (κ1) is 13.8. The molecule has 0 saturated heterocycles. The van der Waals surface area contributed by atoms with Gasteiger partial charge in [0.2, 0.25) is 0 Å². The summed E-state index contributed by atoms with van der Waals surface area (Å²) in [5.41, 5.74) is 6.02. The standard InChI is InChI=1S/C11H19N3O2S2/c1-7-3-5-9(6-4-7)14-18(15,16)10-8(2)13-11(12)17-10/h7,9,14H,3-6H2,1-2H3,(H2,12,13). The lowest BCUT2D eigenvalue weighted by Gasteiger charge is -2.26. The SMILES string of the molecule is Cc1nc(N)sc1S(=O)(=O)NC1CCC(C)CC1. The molecule has 5 nitrogen and oxygen atoms in total. The maximum absolute atomic E-state index is 12.2. The highest BCUT2D eigenvalue weighted by Gasteiger charge is 2.27. The van der Waals surface area contributed by atoms with E-state index in [4.69, 9.17) is 5.73 Å². The summed E-state index contributed by atoms with van der Waals surface area (Å²) in [5.74, 6) is 0.700. The minimum absolute atomic E-state index is 0.0499. The van der Waals surface area contributed by atoms with Crippen LogP contribution in [0.5, 0.6) is 0 Å². The van der Waals surface area contributed by atoms with Crippen LogP contribution in [0.1, 0.15) is 38.3 Å². The van der Waals surface area contributed by atoms with Crippen LogP contribution in [-0.2, 0) is 10.0 Å². The molecule has 2 rings (SSSR count). The molecule has 0 bridgehead atoms. The van der Waals surface area contributed by atoms with E-state index in [1.165, 1.54) is 0 Å². The van der Waals surface area contributed by atoms with E-state index in [9.17, 15) is 8.42 Å². The van der Waals surface area contributed by atoms with Crippen molar-refractivity contribution in [3.8, 4) is 0 Å². The molecule has 0 unspecified atom stereocenters. The lowest BCUT2D eigenvalue weighted by Crippen LogP contribution is -2.37. The van der Waals surface area contributed by atoms with E-state index in [0.717, 1.165) is 37.0 Å². The average Bonchev–Trinajstić information content (AvgIpc) is 2.62. The van der Waals surface area contributed by atoms with Crippen LogP contribution < -0.4 is 10.5 Å². The summed E-state index contributed by atoms with van der Waals surface area (Å²) < 4.78 is 27.5. The highest BCUT2D eigenvalue weighted by Crippen LogP contribution is 2.28. The fourth-order valence-corrected chi connectivity index (χ4v) is 4.92. The van der Waals surface area contributed by atoms with Crippen LogP contribution in [0.15, 0.2) is 4.21 Å². The second-order valence-electron chi connectivity index (χ2n) is 5.00. The summed E-state index contributed by atoms with van der Waals surface area (Å²) in [6.45, 7) is 3.88. The van der Waals surface area contributed by atoms with Crippen LogP contribution in [0.2, 0.25) is 0 Å². The van der Waals surface area contributed by atoms with Crippen molar-refractivity contribution in [2.75, 3.05) is 5.73 Å². The Kier molecular flexibility index (Phi) is 3.93. The third-order valence-electron chi connectivity index (χ3n) is 3.35. The molecular formula is C11H19N3O2S2. The summed E-state index contributed by atoms with van der Waals surface area (Å²) in [6, 6.07) is 0.0499. The first-order chi connectivity index (χ1) is 8.38. The first-order valence-corrected chi connectivity index (χ1v) is 8.43. The number of nitrogens with two attached hydrogens (primary N) is 1. The zero-order valence-electron chi connectivity index (χ0n) is 10.6. The van der Waals surface area contributed by atoms with E-state index in [0.29, 0.717) is 16.7 Å². The number of aryl methyl sites for hydroxylation is 1. The third-order valence-corrected chi connectivity index (χ3v) is 6.47. The number of nitrogens with one attached hydrogen (secondary N) is 1. The van der Waals surface area contributed by atoms with Gasteiger partial charge in [-0.05, 0) is 38.5 Å². The zero-order chi connectivity index (χ0) is 13.3. The fraction of sp³-hybridized carbons (Fsp3) is 0.727. The van der Waals surface area contributed by atoms with Gasteiger partial charge in [-0.2, -0.15) is 0 Å². The van der Waals surface area contributed by atoms with Gasteiger partial charge in [-0.1, -0.05) is 18.3 Å². The molecule has 3 N–H and O–H groups in total.